The van der Waals surface area contributed by atoms with Crippen LogP contribution in [0.15, 0.2) is 59.5 Å². The minimum absolute atomic E-state index is 0.196. The van der Waals surface area contributed by atoms with Gasteiger partial charge in [-0.25, -0.2) is 8.42 Å². The van der Waals surface area contributed by atoms with Crippen LogP contribution in [0.2, 0.25) is 0 Å². The first-order valence-electron chi connectivity index (χ1n) is 6.29. The molecule has 7 heteroatoms. The van der Waals surface area contributed by atoms with Crippen molar-refractivity contribution in [1.29, 1.82) is 0 Å². The SMILES string of the molecule is COS(=O)(=O)[O-].C[S+](Cc1ccccc1)c1ccc(O)cc1. The number of phenols is 1. The lowest BCUT2D eigenvalue weighted by atomic mass is 10.2. The average Bonchev–Trinajstić information content (AvgIpc) is 2.49. The zero-order valence-electron chi connectivity index (χ0n) is 12.3. The minimum atomic E-state index is -4.41. The molecule has 1 N–H and O–H groups in total. The molecule has 2 rings (SSSR count). The van der Waals surface area contributed by atoms with Crippen LogP contribution >= 0.6 is 0 Å². The van der Waals surface area contributed by atoms with Gasteiger partial charge in [-0.3, -0.25) is 4.18 Å². The van der Waals surface area contributed by atoms with Crippen LogP contribution in [-0.4, -0.2) is 31.4 Å². The molecule has 0 heterocycles. The number of phenolic OH excluding ortho intramolecular Hbond substituents is 1. The Morgan fingerprint density at radius 1 is 1.09 bits per heavy atom. The number of aromatic hydroxyl groups is 1. The number of rotatable bonds is 4. The summed E-state index contributed by atoms with van der Waals surface area (Å²) in [5.41, 5.74) is 1.36. The van der Waals surface area contributed by atoms with Crippen molar-refractivity contribution in [3.8, 4) is 5.75 Å². The lowest BCUT2D eigenvalue weighted by molar-refractivity contribution is 0.314. The first-order chi connectivity index (χ1) is 10.3. The summed E-state index contributed by atoms with van der Waals surface area (Å²) in [5, 5.41) is 9.23. The number of hydrogen-bond acceptors (Lipinski definition) is 5. The summed E-state index contributed by atoms with van der Waals surface area (Å²) in [6.45, 7) is 0. The van der Waals surface area contributed by atoms with Gasteiger partial charge in [-0.05, 0) is 24.3 Å². The van der Waals surface area contributed by atoms with Crippen LogP contribution in [0.5, 0.6) is 5.75 Å². The van der Waals surface area contributed by atoms with E-state index < -0.39 is 10.4 Å². The van der Waals surface area contributed by atoms with Gasteiger partial charge in [-0.1, -0.05) is 30.3 Å². The molecule has 5 nitrogen and oxygen atoms in total. The maximum atomic E-state index is 9.23. The molecule has 0 aliphatic rings. The molecule has 0 saturated heterocycles. The Morgan fingerprint density at radius 2 is 1.59 bits per heavy atom. The van der Waals surface area contributed by atoms with E-state index in [2.05, 4.69) is 34.7 Å². The smallest absolute Gasteiger partial charge is 0.217 e. The summed E-state index contributed by atoms with van der Waals surface area (Å²) in [5.74, 6) is 1.39. The van der Waals surface area contributed by atoms with Crippen LogP contribution < -0.4 is 0 Å². The van der Waals surface area contributed by atoms with Crippen molar-refractivity contribution in [2.45, 2.75) is 10.6 Å². The monoisotopic (exact) mass is 342 g/mol. The molecular formula is C15H18O5S2. The van der Waals surface area contributed by atoms with Gasteiger partial charge in [-0.2, -0.15) is 0 Å². The van der Waals surface area contributed by atoms with Gasteiger partial charge < -0.3 is 9.66 Å². The summed E-state index contributed by atoms with van der Waals surface area (Å²) >= 11 is 0. The molecule has 0 spiro atoms. The molecular weight excluding hydrogens is 324 g/mol. The zero-order valence-corrected chi connectivity index (χ0v) is 13.9. The molecule has 22 heavy (non-hydrogen) atoms. The highest BCUT2D eigenvalue weighted by atomic mass is 32.3. The first kappa shape index (κ1) is 18.5. The summed E-state index contributed by atoms with van der Waals surface area (Å²) in [4.78, 5) is 1.29. The minimum Gasteiger partial charge on any atom is -0.726 e. The van der Waals surface area contributed by atoms with E-state index in [1.165, 1.54) is 10.5 Å². The molecule has 0 fully saturated rings. The molecule has 0 aliphatic carbocycles. The van der Waals surface area contributed by atoms with Gasteiger partial charge in [0, 0.05) is 16.5 Å². The van der Waals surface area contributed by atoms with E-state index in [0.717, 1.165) is 12.9 Å². The molecule has 0 aliphatic heterocycles. The second kappa shape index (κ2) is 8.79. The lowest BCUT2D eigenvalue weighted by Gasteiger charge is -2.03. The van der Waals surface area contributed by atoms with Gasteiger partial charge in [0.15, 0.2) is 4.90 Å². The standard InChI is InChI=1S/C14H14OS.CH4O4S/c1-16(11-12-5-3-2-4-6-12)14-9-7-13(15)8-10-14;1-5-6(2,3)4/h2-10H,11H2,1H3;1H3,(H,2,3,4). The molecule has 120 valence electrons. The van der Waals surface area contributed by atoms with Gasteiger partial charge in [0.1, 0.15) is 17.8 Å². The third-order valence-corrected chi connectivity index (χ3v) is 4.92. The first-order valence-corrected chi connectivity index (χ1v) is 9.42. The van der Waals surface area contributed by atoms with E-state index >= 15 is 0 Å². The fourth-order valence-corrected chi connectivity index (χ4v) is 3.05. The largest absolute Gasteiger partial charge is 0.726 e. The van der Waals surface area contributed by atoms with Gasteiger partial charge >= 0.3 is 0 Å². The molecule has 1 unspecified atom stereocenters. The van der Waals surface area contributed by atoms with Crippen molar-refractivity contribution < 1.29 is 22.3 Å². The lowest BCUT2D eigenvalue weighted by Crippen LogP contribution is -2.03. The van der Waals surface area contributed by atoms with Crippen molar-refractivity contribution >= 4 is 21.3 Å². The third-order valence-electron chi connectivity index (χ3n) is 2.67. The Morgan fingerprint density at radius 3 is 2.05 bits per heavy atom. The van der Waals surface area contributed by atoms with Gasteiger partial charge in [0.25, 0.3) is 0 Å². The highest BCUT2D eigenvalue weighted by molar-refractivity contribution is 7.95. The van der Waals surface area contributed by atoms with E-state index in [1.807, 2.05) is 18.2 Å². The van der Waals surface area contributed by atoms with Crippen molar-refractivity contribution in [2.24, 2.45) is 0 Å². The van der Waals surface area contributed by atoms with E-state index in [9.17, 15) is 18.1 Å². The Balaban J connectivity index is 0.000000346. The molecule has 1 atom stereocenters. The molecule has 0 saturated carbocycles. The van der Waals surface area contributed by atoms with Crippen LogP contribution in [0.3, 0.4) is 0 Å². The number of hydrogen-bond donors (Lipinski definition) is 1. The average molecular weight is 342 g/mol. The van der Waals surface area contributed by atoms with Crippen LogP contribution in [0.4, 0.5) is 0 Å². The van der Waals surface area contributed by atoms with Crippen molar-refractivity contribution in [2.75, 3.05) is 13.4 Å². The summed E-state index contributed by atoms with van der Waals surface area (Å²) in [6.07, 6.45) is 2.24. The van der Waals surface area contributed by atoms with Crippen molar-refractivity contribution in [3.63, 3.8) is 0 Å². The second-order valence-electron chi connectivity index (χ2n) is 4.34. The van der Waals surface area contributed by atoms with Crippen LogP contribution in [0.25, 0.3) is 0 Å². The molecule has 0 bridgehead atoms. The van der Waals surface area contributed by atoms with E-state index in [0.29, 0.717) is 5.75 Å². The Labute approximate surface area is 133 Å². The van der Waals surface area contributed by atoms with Crippen molar-refractivity contribution in [3.05, 3.63) is 60.2 Å². The normalized spacial score (nSPS) is 12.1. The van der Waals surface area contributed by atoms with Gasteiger partial charge in [0.2, 0.25) is 10.4 Å². The molecule has 2 aromatic carbocycles. The van der Waals surface area contributed by atoms with Crippen LogP contribution in [-0.2, 0) is 31.2 Å². The zero-order chi connectivity index (χ0) is 16.6. The van der Waals surface area contributed by atoms with Gasteiger partial charge in [-0.15, -0.1) is 0 Å². The molecule has 2 aromatic rings. The van der Waals surface area contributed by atoms with Crippen LogP contribution in [0, 0.1) is 0 Å². The van der Waals surface area contributed by atoms with E-state index in [4.69, 9.17) is 0 Å². The fourth-order valence-electron chi connectivity index (χ4n) is 1.59. The van der Waals surface area contributed by atoms with Crippen molar-refractivity contribution in [1.82, 2.24) is 0 Å². The highest BCUT2D eigenvalue weighted by Gasteiger charge is 2.15. The fraction of sp³-hybridized carbons (Fsp3) is 0.200. The Bertz CT molecular complexity index is 654. The molecule has 0 aromatic heterocycles. The Hall–Kier alpha value is -1.54. The van der Waals surface area contributed by atoms with Crippen LogP contribution in [0.1, 0.15) is 5.56 Å². The number of benzene rings is 2. The maximum Gasteiger partial charge on any atom is 0.217 e. The maximum absolute atomic E-state index is 9.23. The summed E-state index contributed by atoms with van der Waals surface area (Å²) in [6, 6.07) is 18.0. The molecule has 0 radical (unpaired) electrons. The quantitative estimate of drug-likeness (QED) is 0.523. The predicted octanol–water partition coefficient (Wildman–Crippen LogP) is 2.29. The topological polar surface area (TPSA) is 86.7 Å². The molecule has 0 amide bonds. The van der Waals surface area contributed by atoms with E-state index in [-0.39, 0.29) is 10.9 Å². The third kappa shape index (κ3) is 7.46. The summed E-state index contributed by atoms with van der Waals surface area (Å²) < 4.78 is 31.0. The predicted molar refractivity (Wildman–Crippen MR) is 86.5 cm³/mol. The highest BCUT2D eigenvalue weighted by Crippen LogP contribution is 2.19. The van der Waals surface area contributed by atoms with Gasteiger partial charge in [0.05, 0.1) is 7.11 Å². The summed E-state index contributed by atoms with van der Waals surface area (Å²) in [7, 11) is -3.41. The second-order valence-corrected chi connectivity index (χ2v) is 7.52. The Kier molecular flexibility index (Phi) is 7.40. The van der Waals surface area contributed by atoms with E-state index in [1.54, 1.807) is 12.1 Å².